The number of carbonyl (C=O) groups is 1. The maximum atomic E-state index is 12.5. The number of fused-ring (bicyclic) bond motifs is 1. The van der Waals surface area contributed by atoms with Crippen LogP contribution in [0.25, 0.3) is 5.65 Å². The molecule has 0 saturated heterocycles. The monoisotopic (exact) mass is 385 g/mol. The van der Waals surface area contributed by atoms with Crippen molar-refractivity contribution < 1.29 is 9.53 Å². The topological polar surface area (TPSA) is 55.6 Å². The minimum atomic E-state index is -0.123. The summed E-state index contributed by atoms with van der Waals surface area (Å²) in [7, 11) is 0. The number of ether oxygens (including phenoxy) is 1. The van der Waals surface area contributed by atoms with Gasteiger partial charge in [0.2, 0.25) is 0 Å². The van der Waals surface area contributed by atoms with Crippen molar-refractivity contribution >= 4 is 11.6 Å². The Morgan fingerprint density at radius 2 is 1.86 bits per heavy atom. The molecule has 0 atom stereocenters. The van der Waals surface area contributed by atoms with Crippen LogP contribution in [-0.4, -0.2) is 15.3 Å². The molecule has 0 fully saturated rings. The molecule has 4 rings (SSSR count). The van der Waals surface area contributed by atoms with Crippen LogP contribution < -0.4 is 10.1 Å². The molecule has 146 valence electrons. The van der Waals surface area contributed by atoms with E-state index >= 15 is 0 Å². The molecule has 2 aromatic heterocycles. The molecule has 0 aliphatic heterocycles. The van der Waals surface area contributed by atoms with Gasteiger partial charge in [-0.2, -0.15) is 0 Å². The SMILES string of the molecule is Cc1ccccc1CNC(=O)c1cccc(OCc2cn3cccc(C)c3n2)c1. The first-order chi connectivity index (χ1) is 14.1. The molecule has 2 heterocycles. The van der Waals surface area contributed by atoms with Crippen LogP contribution in [0, 0.1) is 13.8 Å². The number of aryl methyl sites for hydroxylation is 2. The predicted octanol–water partition coefficient (Wildman–Crippen LogP) is 4.46. The highest BCUT2D eigenvalue weighted by Crippen LogP contribution is 2.17. The standard InChI is InChI=1S/C24H23N3O2/c1-17-7-3-4-9-20(17)14-25-24(28)19-10-5-11-22(13-19)29-16-21-15-27-12-6-8-18(2)23(27)26-21/h3-13,15H,14,16H2,1-2H3,(H,25,28). The Kier molecular flexibility index (Phi) is 5.29. The molecule has 0 spiro atoms. The number of carbonyl (C=O) groups excluding carboxylic acids is 1. The predicted molar refractivity (Wildman–Crippen MR) is 113 cm³/mol. The van der Waals surface area contributed by atoms with Gasteiger partial charge in [0.25, 0.3) is 5.91 Å². The molecular weight excluding hydrogens is 362 g/mol. The molecule has 5 nitrogen and oxygen atoms in total. The van der Waals surface area contributed by atoms with E-state index < -0.39 is 0 Å². The lowest BCUT2D eigenvalue weighted by Gasteiger charge is -2.09. The Labute approximate surface area is 170 Å². The molecule has 0 aliphatic rings. The molecule has 1 N–H and O–H groups in total. The van der Waals surface area contributed by atoms with Gasteiger partial charge in [0.15, 0.2) is 0 Å². The fourth-order valence-corrected chi connectivity index (χ4v) is 3.24. The van der Waals surface area contributed by atoms with E-state index in [1.165, 1.54) is 0 Å². The Morgan fingerprint density at radius 1 is 1.03 bits per heavy atom. The van der Waals surface area contributed by atoms with Crippen molar-refractivity contribution in [1.29, 1.82) is 0 Å². The lowest BCUT2D eigenvalue weighted by atomic mass is 10.1. The van der Waals surface area contributed by atoms with Crippen molar-refractivity contribution in [3.8, 4) is 5.75 Å². The smallest absolute Gasteiger partial charge is 0.251 e. The second-order valence-corrected chi connectivity index (χ2v) is 7.08. The first kappa shape index (κ1) is 18.7. The number of aromatic nitrogens is 2. The van der Waals surface area contributed by atoms with Crippen molar-refractivity contribution in [3.05, 3.63) is 101 Å². The van der Waals surface area contributed by atoms with Crippen LogP contribution in [0.2, 0.25) is 0 Å². The summed E-state index contributed by atoms with van der Waals surface area (Å²) in [6.45, 7) is 4.91. The zero-order valence-corrected chi connectivity index (χ0v) is 16.6. The van der Waals surface area contributed by atoms with E-state index in [-0.39, 0.29) is 5.91 Å². The third-order valence-electron chi connectivity index (χ3n) is 4.91. The van der Waals surface area contributed by atoms with Gasteiger partial charge in [-0.25, -0.2) is 4.98 Å². The van der Waals surface area contributed by atoms with Gasteiger partial charge in [-0.3, -0.25) is 4.79 Å². The second kappa shape index (κ2) is 8.19. The number of nitrogens with zero attached hydrogens (tertiary/aromatic N) is 2. The van der Waals surface area contributed by atoms with Gasteiger partial charge in [-0.15, -0.1) is 0 Å². The highest BCUT2D eigenvalue weighted by molar-refractivity contribution is 5.94. The number of pyridine rings is 1. The summed E-state index contributed by atoms with van der Waals surface area (Å²) in [6, 6.07) is 19.3. The molecule has 1 amide bonds. The molecule has 0 aliphatic carbocycles. The van der Waals surface area contributed by atoms with E-state index in [2.05, 4.69) is 10.3 Å². The summed E-state index contributed by atoms with van der Waals surface area (Å²) in [6.07, 6.45) is 3.93. The van der Waals surface area contributed by atoms with Gasteiger partial charge >= 0.3 is 0 Å². The number of imidazole rings is 1. The fourth-order valence-electron chi connectivity index (χ4n) is 3.24. The molecule has 29 heavy (non-hydrogen) atoms. The van der Waals surface area contributed by atoms with Gasteiger partial charge in [0.05, 0.1) is 5.69 Å². The Balaban J connectivity index is 1.40. The van der Waals surface area contributed by atoms with Crippen LogP contribution in [0.4, 0.5) is 0 Å². The molecule has 0 saturated carbocycles. The van der Waals surface area contributed by atoms with E-state index in [1.54, 1.807) is 12.1 Å². The van der Waals surface area contributed by atoms with Crippen molar-refractivity contribution in [2.24, 2.45) is 0 Å². The van der Waals surface area contributed by atoms with E-state index in [1.807, 2.05) is 79.2 Å². The minimum Gasteiger partial charge on any atom is -0.487 e. The van der Waals surface area contributed by atoms with Crippen LogP contribution >= 0.6 is 0 Å². The third-order valence-corrected chi connectivity index (χ3v) is 4.91. The van der Waals surface area contributed by atoms with Gasteiger partial charge < -0.3 is 14.5 Å². The molecule has 4 aromatic rings. The Hall–Kier alpha value is -3.60. The summed E-state index contributed by atoms with van der Waals surface area (Å²) in [5.74, 6) is 0.518. The molecule has 2 aromatic carbocycles. The van der Waals surface area contributed by atoms with Crippen molar-refractivity contribution in [1.82, 2.24) is 14.7 Å². The quantitative estimate of drug-likeness (QED) is 0.533. The maximum absolute atomic E-state index is 12.5. The molecule has 0 bridgehead atoms. The number of benzene rings is 2. The highest BCUT2D eigenvalue weighted by Gasteiger charge is 2.09. The Bertz CT molecular complexity index is 1160. The van der Waals surface area contributed by atoms with Crippen molar-refractivity contribution in [2.75, 3.05) is 0 Å². The fraction of sp³-hybridized carbons (Fsp3) is 0.167. The van der Waals surface area contributed by atoms with Gasteiger partial charge in [-0.05, 0) is 54.8 Å². The first-order valence-electron chi connectivity index (χ1n) is 9.59. The largest absolute Gasteiger partial charge is 0.487 e. The molecular formula is C24H23N3O2. The van der Waals surface area contributed by atoms with Crippen molar-refractivity contribution in [3.63, 3.8) is 0 Å². The maximum Gasteiger partial charge on any atom is 0.251 e. The van der Waals surface area contributed by atoms with Gasteiger partial charge in [0, 0.05) is 24.5 Å². The molecule has 0 unspecified atom stereocenters. The number of amides is 1. The summed E-state index contributed by atoms with van der Waals surface area (Å²) < 4.78 is 7.87. The van der Waals surface area contributed by atoms with Gasteiger partial charge in [0.1, 0.15) is 18.0 Å². The Morgan fingerprint density at radius 3 is 2.69 bits per heavy atom. The lowest BCUT2D eigenvalue weighted by molar-refractivity contribution is 0.0950. The van der Waals surface area contributed by atoms with Crippen LogP contribution in [0.3, 0.4) is 0 Å². The van der Waals surface area contributed by atoms with Crippen LogP contribution in [0.1, 0.15) is 32.7 Å². The summed E-state index contributed by atoms with van der Waals surface area (Å²) in [4.78, 5) is 17.1. The third kappa shape index (κ3) is 4.29. The summed E-state index contributed by atoms with van der Waals surface area (Å²) >= 11 is 0. The summed E-state index contributed by atoms with van der Waals surface area (Å²) in [5, 5.41) is 2.97. The zero-order valence-electron chi connectivity index (χ0n) is 16.6. The second-order valence-electron chi connectivity index (χ2n) is 7.08. The van der Waals surface area contributed by atoms with Crippen LogP contribution in [0.15, 0.2) is 73.1 Å². The van der Waals surface area contributed by atoms with E-state index in [9.17, 15) is 4.79 Å². The first-order valence-corrected chi connectivity index (χ1v) is 9.59. The van der Waals surface area contributed by atoms with Crippen LogP contribution in [-0.2, 0) is 13.2 Å². The molecule has 5 heteroatoms. The zero-order chi connectivity index (χ0) is 20.2. The van der Waals surface area contributed by atoms with Crippen LogP contribution in [0.5, 0.6) is 5.75 Å². The normalized spacial score (nSPS) is 10.8. The highest BCUT2D eigenvalue weighted by atomic mass is 16.5. The number of nitrogens with one attached hydrogen (secondary N) is 1. The van der Waals surface area contributed by atoms with Gasteiger partial charge in [-0.1, -0.05) is 36.4 Å². The number of rotatable bonds is 6. The van der Waals surface area contributed by atoms with E-state index in [0.29, 0.717) is 24.5 Å². The average molecular weight is 385 g/mol. The molecule has 0 radical (unpaired) electrons. The van der Waals surface area contributed by atoms with Crippen molar-refractivity contribution in [2.45, 2.75) is 27.0 Å². The number of hydrogen-bond acceptors (Lipinski definition) is 3. The summed E-state index contributed by atoms with van der Waals surface area (Å²) in [5.41, 5.74) is 5.72. The minimum absolute atomic E-state index is 0.123. The van der Waals surface area contributed by atoms with E-state index in [4.69, 9.17) is 4.74 Å². The number of hydrogen-bond donors (Lipinski definition) is 1. The van der Waals surface area contributed by atoms with E-state index in [0.717, 1.165) is 28.0 Å². The average Bonchev–Trinajstić information content (AvgIpc) is 3.16. The lowest BCUT2D eigenvalue weighted by Crippen LogP contribution is -2.23.